The fraction of sp³-hybridized carbons (Fsp3) is 0.500. The minimum absolute atomic E-state index is 0.257. The van der Waals surface area contributed by atoms with Crippen molar-refractivity contribution in [2.45, 2.75) is 18.9 Å². The van der Waals surface area contributed by atoms with Gasteiger partial charge >= 0.3 is 0 Å². The molecule has 1 aliphatic heterocycles. The second kappa shape index (κ2) is 3.91. The second-order valence-electron chi connectivity index (χ2n) is 4.16. The van der Waals surface area contributed by atoms with Gasteiger partial charge in [-0.1, -0.05) is 19.1 Å². The maximum absolute atomic E-state index is 12.7. The largest absolute Gasteiger partial charge is 0.384 e. The molecule has 15 heavy (non-hydrogen) atoms. The van der Waals surface area contributed by atoms with Gasteiger partial charge in [0, 0.05) is 13.1 Å². The number of β-amino-alcohol motifs (C(OH)–C–C–N with tert-alkyl or cyclic N) is 1. The minimum Gasteiger partial charge on any atom is -0.384 e. The summed E-state index contributed by atoms with van der Waals surface area (Å²) in [7, 11) is 0. The third-order valence-corrected chi connectivity index (χ3v) is 3.16. The van der Waals surface area contributed by atoms with Crippen LogP contribution in [0.4, 0.5) is 4.39 Å². The molecule has 1 saturated heterocycles. The molecule has 0 amide bonds. The molecule has 1 N–H and O–H groups in total. The minimum atomic E-state index is -0.788. The van der Waals surface area contributed by atoms with Gasteiger partial charge in [0.15, 0.2) is 0 Å². The highest BCUT2D eigenvalue weighted by Crippen LogP contribution is 2.31. The van der Waals surface area contributed by atoms with Crippen molar-refractivity contribution >= 4 is 0 Å². The highest BCUT2D eigenvalue weighted by atomic mass is 19.1. The van der Waals surface area contributed by atoms with Crippen molar-refractivity contribution in [1.82, 2.24) is 4.90 Å². The van der Waals surface area contributed by atoms with Gasteiger partial charge in [0.25, 0.3) is 0 Å². The highest BCUT2D eigenvalue weighted by molar-refractivity contribution is 5.24. The van der Waals surface area contributed by atoms with Crippen LogP contribution in [0.3, 0.4) is 0 Å². The number of rotatable bonds is 2. The van der Waals surface area contributed by atoms with E-state index >= 15 is 0 Å². The summed E-state index contributed by atoms with van der Waals surface area (Å²) in [6, 6.07) is 6.16. The molecule has 1 unspecified atom stereocenters. The van der Waals surface area contributed by atoms with Crippen LogP contribution in [-0.2, 0) is 5.60 Å². The average Bonchev–Trinajstić information content (AvgIpc) is 2.62. The first-order valence-corrected chi connectivity index (χ1v) is 5.35. The Hall–Kier alpha value is -0.930. The van der Waals surface area contributed by atoms with Crippen molar-refractivity contribution in [3.05, 3.63) is 35.6 Å². The summed E-state index contributed by atoms with van der Waals surface area (Å²) in [5.74, 6) is -0.257. The molecule has 82 valence electrons. The zero-order valence-electron chi connectivity index (χ0n) is 8.91. The molecule has 2 rings (SSSR count). The number of likely N-dealkylation sites (N-methyl/N-ethyl adjacent to an activating group) is 1. The summed E-state index contributed by atoms with van der Waals surface area (Å²) < 4.78 is 12.7. The molecule has 1 heterocycles. The Morgan fingerprint density at radius 2 is 2.07 bits per heavy atom. The molecule has 0 bridgehead atoms. The molecular weight excluding hydrogens is 193 g/mol. The first kappa shape index (κ1) is 10.6. The first-order valence-electron chi connectivity index (χ1n) is 5.35. The Morgan fingerprint density at radius 3 is 2.60 bits per heavy atom. The van der Waals surface area contributed by atoms with Gasteiger partial charge in [0.2, 0.25) is 0 Å². The van der Waals surface area contributed by atoms with E-state index in [0.717, 1.165) is 25.1 Å². The number of hydrogen-bond donors (Lipinski definition) is 1. The molecule has 0 spiro atoms. The van der Waals surface area contributed by atoms with E-state index in [4.69, 9.17) is 0 Å². The van der Waals surface area contributed by atoms with Crippen molar-refractivity contribution in [2.24, 2.45) is 0 Å². The van der Waals surface area contributed by atoms with Gasteiger partial charge in [-0.2, -0.15) is 0 Å². The number of halogens is 1. The monoisotopic (exact) mass is 209 g/mol. The van der Waals surface area contributed by atoms with Gasteiger partial charge in [-0.3, -0.25) is 0 Å². The third kappa shape index (κ3) is 2.03. The van der Waals surface area contributed by atoms with Crippen LogP contribution in [0.15, 0.2) is 24.3 Å². The lowest BCUT2D eigenvalue weighted by molar-refractivity contribution is 0.0467. The predicted molar refractivity (Wildman–Crippen MR) is 57.0 cm³/mol. The van der Waals surface area contributed by atoms with E-state index in [1.165, 1.54) is 12.1 Å². The summed E-state index contributed by atoms with van der Waals surface area (Å²) in [5, 5.41) is 10.4. The summed E-state index contributed by atoms with van der Waals surface area (Å²) in [4.78, 5) is 2.20. The number of likely N-dealkylation sites (tertiary alicyclic amines) is 1. The fourth-order valence-corrected chi connectivity index (χ4v) is 2.14. The fourth-order valence-electron chi connectivity index (χ4n) is 2.14. The van der Waals surface area contributed by atoms with Gasteiger partial charge in [-0.05, 0) is 30.7 Å². The molecule has 1 atom stereocenters. The number of benzene rings is 1. The average molecular weight is 209 g/mol. The quantitative estimate of drug-likeness (QED) is 0.802. The molecule has 2 nitrogen and oxygen atoms in total. The molecule has 0 radical (unpaired) electrons. The van der Waals surface area contributed by atoms with Gasteiger partial charge in [0.05, 0.1) is 0 Å². The van der Waals surface area contributed by atoms with Crippen LogP contribution in [0, 0.1) is 5.82 Å². The topological polar surface area (TPSA) is 23.5 Å². The van der Waals surface area contributed by atoms with Gasteiger partial charge in [-0.15, -0.1) is 0 Å². The molecule has 1 aromatic carbocycles. The summed E-state index contributed by atoms with van der Waals surface area (Å²) in [6.07, 6.45) is 0.729. The second-order valence-corrected chi connectivity index (χ2v) is 4.16. The van der Waals surface area contributed by atoms with E-state index in [0.29, 0.717) is 6.54 Å². The van der Waals surface area contributed by atoms with Gasteiger partial charge < -0.3 is 10.0 Å². The number of hydrogen-bond acceptors (Lipinski definition) is 2. The lowest BCUT2D eigenvalue weighted by atomic mass is 9.93. The molecule has 3 heteroatoms. The molecule has 0 saturated carbocycles. The zero-order valence-corrected chi connectivity index (χ0v) is 8.91. The lowest BCUT2D eigenvalue weighted by Crippen LogP contribution is -2.30. The van der Waals surface area contributed by atoms with E-state index in [2.05, 4.69) is 11.8 Å². The van der Waals surface area contributed by atoms with Crippen LogP contribution in [0.25, 0.3) is 0 Å². The molecule has 1 aliphatic rings. The maximum atomic E-state index is 12.7. The number of aliphatic hydroxyl groups is 1. The Balaban J connectivity index is 2.20. The van der Waals surface area contributed by atoms with Crippen molar-refractivity contribution in [3.8, 4) is 0 Å². The normalized spacial score (nSPS) is 27.1. The summed E-state index contributed by atoms with van der Waals surface area (Å²) in [5.41, 5.74) is 0.0313. The lowest BCUT2D eigenvalue weighted by Gasteiger charge is -2.23. The van der Waals surface area contributed by atoms with E-state index < -0.39 is 5.60 Å². The molecular formula is C12H16FNO. The van der Waals surface area contributed by atoms with Crippen molar-refractivity contribution in [3.63, 3.8) is 0 Å². The van der Waals surface area contributed by atoms with E-state index in [9.17, 15) is 9.50 Å². The predicted octanol–water partition coefficient (Wildman–Crippen LogP) is 1.74. The SMILES string of the molecule is CCN1CCC(O)(c2ccc(F)cc2)C1. The van der Waals surface area contributed by atoms with Crippen LogP contribution >= 0.6 is 0 Å². The standard InChI is InChI=1S/C12H16FNO/c1-2-14-8-7-12(15,9-14)10-3-5-11(13)6-4-10/h3-6,15H,2,7-9H2,1H3. The highest BCUT2D eigenvalue weighted by Gasteiger charge is 2.36. The molecule has 0 aliphatic carbocycles. The van der Waals surface area contributed by atoms with Gasteiger partial charge in [0.1, 0.15) is 11.4 Å². The van der Waals surface area contributed by atoms with E-state index in [-0.39, 0.29) is 5.82 Å². The Morgan fingerprint density at radius 1 is 1.40 bits per heavy atom. The van der Waals surface area contributed by atoms with Crippen molar-refractivity contribution < 1.29 is 9.50 Å². The van der Waals surface area contributed by atoms with Crippen LogP contribution in [0.2, 0.25) is 0 Å². The van der Waals surface area contributed by atoms with Crippen LogP contribution in [0.5, 0.6) is 0 Å². The third-order valence-electron chi connectivity index (χ3n) is 3.16. The maximum Gasteiger partial charge on any atom is 0.123 e. The Kier molecular flexibility index (Phi) is 2.76. The Labute approximate surface area is 89.3 Å². The van der Waals surface area contributed by atoms with E-state index in [1.54, 1.807) is 12.1 Å². The molecule has 0 aromatic heterocycles. The zero-order chi connectivity index (χ0) is 10.9. The smallest absolute Gasteiger partial charge is 0.123 e. The van der Waals surface area contributed by atoms with E-state index in [1.807, 2.05) is 0 Å². The van der Waals surface area contributed by atoms with Crippen molar-refractivity contribution in [1.29, 1.82) is 0 Å². The van der Waals surface area contributed by atoms with Crippen LogP contribution in [-0.4, -0.2) is 29.6 Å². The molecule has 1 fully saturated rings. The molecule has 1 aromatic rings. The summed E-state index contributed by atoms with van der Waals surface area (Å²) >= 11 is 0. The van der Waals surface area contributed by atoms with Gasteiger partial charge in [-0.25, -0.2) is 4.39 Å². The Bertz CT molecular complexity index is 338. The number of nitrogens with zero attached hydrogens (tertiary/aromatic N) is 1. The summed E-state index contributed by atoms with van der Waals surface area (Å²) in [6.45, 7) is 4.58. The first-order chi connectivity index (χ1) is 7.14. The van der Waals surface area contributed by atoms with Crippen LogP contribution in [0.1, 0.15) is 18.9 Å². The van der Waals surface area contributed by atoms with Crippen molar-refractivity contribution in [2.75, 3.05) is 19.6 Å². The van der Waals surface area contributed by atoms with Crippen LogP contribution < -0.4 is 0 Å².